The number of ether oxygens (including phenoxy) is 2. The molecule has 0 radical (unpaired) electrons. The Morgan fingerprint density at radius 2 is 2.00 bits per heavy atom. The number of fused-ring (bicyclic) bond motifs is 1. The summed E-state index contributed by atoms with van der Waals surface area (Å²) in [6.07, 6.45) is 9.93. The lowest BCUT2D eigenvalue weighted by atomic mass is 9.72. The zero-order chi connectivity index (χ0) is 16.3. The van der Waals surface area contributed by atoms with Gasteiger partial charge in [-0.3, -0.25) is 0 Å². The number of hydrogen-bond donors (Lipinski definition) is 0. The first-order chi connectivity index (χ1) is 10.3. The molecule has 128 valence electrons. The minimum absolute atomic E-state index is 0.0109. The molecule has 2 aliphatic rings. The van der Waals surface area contributed by atoms with Crippen molar-refractivity contribution in [2.45, 2.75) is 98.1 Å². The van der Waals surface area contributed by atoms with E-state index in [0.717, 1.165) is 12.3 Å². The van der Waals surface area contributed by atoms with Crippen molar-refractivity contribution in [1.82, 2.24) is 0 Å². The van der Waals surface area contributed by atoms with Crippen molar-refractivity contribution >= 4 is 0 Å². The largest absolute Gasteiger partial charge is 0.349 e. The molecule has 0 aromatic rings. The van der Waals surface area contributed by atoms with Crippen LogP contribution in [0.25, 0.3) is 0 Å². The maximum Gasteiger partial charge on any atom is 0.158 e. The third-order valence-electron chi connectivity index (χ3n) is 5.52. The molecule has 0 aromatic carbocycles. The SMILES string of the molecule is CC(C)=CCCC(C)CC1OC2C[C@H](C)CCC2C(C)(C)O1. The lowest BCUT2D eigenvalue weighted by molar-refractivity contribution is -0.312. The van der Waals surface area contributed by atoms with Gasteiger partial charge in [0.1, 0.15) is 0 Å². The Bertz CT molecular complexity index is 381. The van der Waals surface area contributed by atoms with E-state index in [4.69, 9.17) is 9.47 Å². The van der Waals surface area contributed by atoms with Gasteiger partial charge >= 0.3 is 0 Å². The normalized spacial score (nSPS) is 35.5. The zero-order valence-corrected chi connectivity index (χ0v) is 15.5. The van der Waals surface area contributed by atoms with Gasteiger partial charge in [-0.2, -0.15) is 0 Å². The Labute approximate surface area is 137 Å². The van der Waals surface area contributed by atoms with Gasteiger partial charge in [0, 0.05) is 12.3 Å². The summed E-state index contributed by atoms with van der Waals surface area (Å²) in [7, 11) is 0. The van der Waals surface area contributed by atoms with Crippen molar-refractivity contribution in [3.05, 3.63) is 11.6 Å². The second-order valence-electron chi connectivity index (χ2n) is 8.55. The Morgan fingerprint density at radius 3 is 2.68 bits per heavy atom. The maximum absolute atomic E-state index is 6.36. The molecule has 2 nitrogen and oxygen atoms in total. The molecule has 22 heavy (non-hydrogen) atoms. The highest BCUT2D eigenvalue weighted by Crippen LogP contribution is 2.44. The molecular formula is C20H36O2. The van der Waals surface area contributed by atoms with Crippen LogP contribution in [0.4, 0.5) is 0 Å². The van der Waals surface area contributed by atoms with E-state index < -0.39 is 0 Å². The first kappa shape index (κ1) is 18.0. The topological polar surface area (TPSA) is 18.5 Å². The van der Waals surface area contributed by atoms with E-state index in [9.17, 15) is 0 Å². The fourth-order valence-electron chi connectivity index (χ4n) is 4.13. The highest BCUT2D eigenvalue weighted by atomic mass is 16.7. The number of allylic oxidation sites excluding steroid dienone is 2. The molecule has 1 saturated carbocycles. The molecule has 1 aliphatic heterocycles. The van der Waals surface area contributed by atoms with Crippen molar-refractivity contribution in [1.29, 1.82) is 0 Å². The Hall–Kier alpha value is -0.340. The van der Waals surface area contributed by atoms with Gasteiger partial charge in [0.25, 0.3) is 0 Å². The van der Waals surface area contributed by atoms with Gasteiger partial charge in [0.05, 0.1) is 11.7 Å². The molecule has 0 spiro atoms. The van der Waals surface area contributed by atoms with Gasteiger partial charge in [0.2, 0.25) is 0 Å². The molecule has 0 amide bonds. The van der Waals surface area contributed by atoms with E-state index in [0.29, 0.717) is 17.9 Å². The van der Waals surface area contributed by atoms with Crippen LogP contribution in [0.15, 0.2) is 11.6 Å². The van der Waals surface area contributed by atoms with Crippen LogP contribution < -0.4 is 0 Å². The van der Waals surface area contributed by atoms with Crippen molar-refractivity contribution in [2.24, 2.45) is 17.8 Å². The first-order valence-corrected chi connectivity index (χ1v) is 9.24. The van der Waals surface area contributed by atoms with Crippen LogP contribution in [-0.4, -0.2) is 18.0 Å². The van der Waals surface area contributed by atoms with E-state index in [1.807, 2.05) is 0 Å². The Morgan fingerprint density at radius 1 is 1.27 bits per heavy atom. The van der Waals surface area contributed by atoms with Gasteiger partial charge < -0.3 is 9.47 Å². The summed E-state index contributed by atoms with van der Waals surface area (Å²) in [4.78, 5) is 0. The average molecular weight is 309 g/mol. The summed E-state index contributed by atoms with van der Waals surface area (Å²) in [6, 6.07) is 0. The summed E-state index contributed by atoms with van der Waals surface area (Å²) in [5.74, 6) is 2.01. The molecule has 2 fully saturated rings. The molecule has 1 heterocycles. The van der Waals surface area contributed by atoms with Crippen LogP contribution in [0.5, 0.6) is 0 Å². The smallest absolute Gasteiger partial charge is 0.158 e. The summed E-state index contributed by atoms with van der Waals surface area (Å²) in [5, 5.41) is 0. The summed E-state index contributed by atoms with van der Waals surface area (Å²) >= 11 is 0. The van der Waals surface area contributed by atoms with Gasteiger partial charge in [-0.1, -0.05) is 31.9 Å². The van der Waals surface area contributed by atoms with Gasteiger partial charge in [0.15, 0.2) is 6.29 Å². The third kappa shape index (κ3) is 4.83. The van der Waals surface area contributed by atoms with E-state index in [-0.39, 0.29) is 11.9 Å². The molecule has 2 heteroatoms. The molecular weight excluding hydrogens is 272 g/mol. The van der Waals surface area contributed by atoms with E-state index in [2.05, 4.69) is 47.6 Å². The Balaban J connectivity index is 1.88. The Kier molecular flexibility index (Phi) is 6.13. The predicted octanol–water partition coefficient (Wildman–Crippen LogP) is 5.72. The van der Waals surface area contributed by atoms with Crippen molar-refractivity contribution < 1.29 is 9.47 Å². The standard InChI is InChI=1S/C20H36O2/c1-14(2)8-7-9-15(3)13-19-21-18-12-16(4)10-11-17(18)20(5,6)22-19/h8,15-19H,7,9-13H2,1-6H3/t15?,16-,17?,18?,19?/m1/s1. The van der Waals surface area contributed by atoms with Gasteiger partial charge in [-0.15, -0.1) is 0 Å². The minimum atomic E-state index is -0.0344. The van der Waals surface area contributed by atoms with Crippen LogP contribution >= 0.6 is 0 Å². The number of rotatable bonds is 5. The molecule has 1 saturated heterocycles. The second-order valence-corrected chi connectivity index (χ2v) is 8.55. The molecule has 0 aromatic heterocycles. The van der Waals surface area contributed by atoms with Gasteiger partial charge in [-0.25, -0.2) is 0 Å². The second kappa shape index (κ2) is 7.49. The first-order valence-electron chi connectivity index (χ1n) is 9.24. The van der Waals surface area contributed by atoms with Crippen molar-refractivity contribution in [3.8, 4) is 0 Å². The van der Waals surface area contributed by atoms with Crippen LogP contribution in [0.1, 0.15) is 80.1 Å². The predicted molar refractivity (Wildman–Crippen MR) is 92.8 cm³/mol. The average Bonchev–Trinajstić information content (AvgIpc) is 2.36. The third-order valence-corrected chi connectivity index (χ3v) is 5.52. The van der Waals surface area contributed by atoms with Crippen molar-refractivity contribution in [3.63, 3.8) is 0 Å². The summed E-state index contributed by atoms with van der Waals surface area (Å²) in [5.41, 5.74) is 1.38. The van der Waals surface area contributed by atoms with E-state index in [1.165, 1.54) is 37.7 Å². The number of hydrogen-bond acceptors (Lipinski definition) is 2. The highest BCUT2D eigenvalue weighted by Gasteiger charge is 2.46. The molecule has 1 aliphatic carbocycles. The highest BCUT2D eigenvalue weighted by molar-refractivity contribution is 4.94. The van der Waals surface area contributed by atoms with Crippen LogP contribution in [-0.2, 0) is 9.47 Å². The van der Waals surface area contributed by atoms with Crippen molar-refractivity contribution in [2.75, 3.05) is 0 Å². The maximum atomic E-state index is 6.36. The molecule has 0 bridgehead atoms. The van der Waals surface area contributed by atoms with Crippen LogP contribution in [0.3, 0.4) is 0 Å². The molecule has 0 N–H and O–H groups in total. The summed E-state index contributed by atoms with van der Waals surface area (Å²) < 4.78 is 12.7. The minimum Gasteiger partial charge on any atom is -0.349 e. The fourth-order valence-corrected chi connectivity index (χ4v) is 4.13. The zero-order valence-electron chi connectivity index (χ0n) is 15.5. The monoisotopic (exact) mass is 308 g/mol. The molecule has 2 rings (SSSR count). The van der Waals surface area contributed by atoms with Crippen LogP contribution in [0.2, 0.25) is 0 Å². The lowest BCUT2D eigenvalue weighted by Gasteiger charge is -2.50. The molecule has 4 unspecified atom stereocenters. The van der Waals surface area contributed by atoms with Gasteiger partial charge in [-0.05, 0) is 65.2 Å². The fraction of sp³-hybridized carbons (Fsp3) is 0.900. The lowest BCUT2D eigenvalue weighted by Crippen LogP contribution is -2.54. The molecule has 5 atom stereocenters. The van der Waals surface area contributed by atoms with Crippen LogP contribution in [0, 0.1) is 17.8 Å². The van der Waals surface area contributed by atoms with E-state index in [1.54, 1.807) is 0 Å². The summed E-state index contributed by atoms with van der Waals surface area (Å²) in [6.45, 7) is 13.6. The quantitative estimate of drug-likeness (QED) is 0.605. The van der Waals surface area contributed by atoms with E-state index >= 15 is 0 Å².